The standard InChI is InChI=1S/C14H18O3/c1-17-13-8-7-11(14(15)16)9-12(13)10-5-3-2-4-6-10/h7-10H,2-6H2,1H3,(H,15,16). The Hall–Kier alpha value is -1.51. The number of hydrogen-bond acceptors (Lipinski definition) is 2. The molecule has 0 spiro atoms. The van der Waals surface area contributed by atoms with Crippen molar-refractivity contribution in [1.29, 1.82) is 0 Å². The van der Waals surface area contributed by atoms with Crippen LogP contribution in [-0.4, -0.2) is 18.2 Å². The molecule has 2 rings (SSSR count). The van der Waals surface area contributed by atoms with Gasteiger partial charge in [-0.3, -0.25) is 0 Å². The molecule has 1 fully saturated rings. The number of benzene rings is 1. The van der Waals surface area contributed by atoms with Gasteiger partial charge in [0.2, 0.25) is 0 Å². The summed E-state index contributed by atoms with van der Waals surface area (Å²) in [5, 5.41) is 9.03. The van der Waals surface area contributed by atoms with Gasteiger partial charge < -0.3 is 9.84 Å². The maximum absolute atomic E-state index is 11.0. The highest BCUT2D eigenvalue weighted by Crippen LogP contribution is 2.37. The van der Waals surface area contributed by atoms with Crippen LogP contribution in [-0.2, 0) is 0 Å². The highest BCUT2D eigenvalue weighted by Gasteiger charge is 2.20. The van der Waals surface area contributed by atoms with Gasteiger partial charge in [0.05, 0.1) is 12.7 Å². The summed E-state index contributed by atoms with van der Waals surface area (Å²) in [6, 6.07) is 5.15. The second kappa shape index (κ2) is 5.21. The molecule has 1 aromatic carbocycles. The van der Waals surface area contributed by atoms with Crippen LogP contribution < -0.4 is 4.74 Å². The van der Waals surface area contributed by atoms with Crippen LogP contribution in [0.5, 0.6) is 5.75 Å². The van der Waals surface area contributed by atoms with E-state index >= 15 is 0 Å². The highest BCUT2D eigenvalue weighted by atomic mass is 16.5. The normalized spacial score (nSPS) is 16.8. The Labute approximate surface area is 101 Å². The summed E-state index contributed by atoms with van der Waals surface area (Å²) < 4.78 is 5.34. The van der Waals surface area contributed by atoms with Crippen molar-refractivity contribution in [2.24, 2.45) is 0 Å². The molecule has 1 saturated carbocycles. The first-order valence-electron chi connectivity index (χ1n) is 6.13. The van der Waals surface area contributed by atoms with Crippen LogP contribution in [0.3, 0.4) is 0 Å². The van der Waals surface area contributed by atoms with E-state index in [0.717, 1.165) is 24.2 Å². The minimum Gasteiger partial charge on any atom is -0.496 e. The van der Waals surface area contributed by atoms with Gasteiger partial charge in [-0.1, -0.05) is 19.3 Å². The average Bonchev–Trinajstić information content (AvgIpc) is 2.39. The largest absolute Gasteiger partial charge is 0.496 e. The molecule has 0 heterocycles. The molecule has 0 saturated heterocycles. The van der Waals surface area contributed by atoms with Crippen molar-refractivity contribution in [2.75, 3.05) is 7.11 Å². The van der Waals surface area contributed by atoms with Crippen LogP contribution in [0.25, 0.3) is 0 Å². The first-order chi connectivity index (χ1) is 8.22. The summed E-state index contributed by atoms with van der Waals surface area (Å²) in [5.74, 6) is 0.407. The molecule has 0 aliphatic heterocycles. The molecule has 92 valence electrons. The average molecular weight is 234 g/mol. The quantitative estimate of drug-likeness (QED) is 0.871. The maximum atomic E-state index is 11.0. The molecule has 1 aliphatic rings. The number of ether oxygens (including phenoxy) is 1. The van der Waals surface area contributed by atoms with E-state index < -0.39 is 5.97 Å². The molecule has 1 N–H and O–H groups in total. The lowest BCUT2D eigenvalue weighted by Crippen LogP contribution is -2.08. The van der Waals surface area contributed by atoms with Crippen molar-refractivity contribution in [2.45, 2.75) is 38.0 Å². The first-order valence-corrected chi connectivity index (χ1v) is 6.13. The zero-order valence-electron chi connectivity index (χ0n) is 10.1. The van der Waals surface area contributed by atoms with Gasteiger partial charge >= 0.3 is 5.97 Å². The van der Waals surface area contributed by atoms with Crippen molar-refractivity contribution < 1.29 is 14.6 Å². The maximum Gasteiger partial charge on any atom is 0.335 e. The third kappa shape index (κ3) is 2.60. The number of methoxy groups -OCH3 is 1. The van der Waals surface area contributed by atoms with Crippen molar-refractivity contribution in [3.63, 3.8) is 0 Å². The van der Waals surface area contributed by atoms with Gasteiger partial charge in [0.25, 0.3) is 0 Å². The Morgan fingerprint density at radius 2 is 2.00 bits per heavy atom. The fraction of sp³-hybridized carbons (Fsp3) is 0.500. The highest BCUT2D eigenvalue weighted by molar-refractivity contribution is 5.88. The van der Waals surface area contributed by atoms with Gasteiger partial charge in [0, 0.05) is 0 Å². The monoisotopic (exact) mass is 234 g/mol. The Morgan fingerprint density at radius 3 is 2.59 bits per heavy atom. The third-order valence-electron chi connectivity index (χ3n) is 3.52. The van der Waals surface area contributed by atoms with E-state index in [4.69, 9.17) is 9.84 Å². The fourth-order valence-electron chi connectivity index (χ4n) is 2.60. The molecule has 3 nitrogen and oxygen atoms in total. The molecule has 0 unspecified atom stereocenters. The summed E-state index contributed by atoms with van der Waals surface area (Å²) in [4.78, 5) is 11.0. The lowest BCUT2D eigenvalue weighted by atomic mass is 9.83. The van der Waals surface area contributed by atoms with Crippen molar-refractivity contribution in [3.8, 4) is 5.75 Å². The number of aromatic carboxylic acids is 1. The molecule has 3 heteroatoms. The van der Waals surface area contributed by atoms with E-state index in [1.807, 2.05) is 0 Å². The number of carbonyl (C=O) groups is 1. The van der Waals surface area contributed by atoms with Gasteiger partial charge in [-0.05, 0) is 42.5 Å². The van der Waals surface area contributed by atoms with Crippen molar-refractivity contribution in [1.82, 2.24) is 0 Å². The summed E-state index contributed by atoms with van der Waals surface area (Å²) in [5.41, 5.74) is 1.42. The molecule has 0 amide bonds. The van der Waals surface area contributed by atoms with Crippen LogP contribution in [0.1, 0.15) is 53.9 Å². The SMILES string of the molecule is COc1ccc(C(=O)O)cc1C1CCCCC1. The lowest BCUT2D eigenvalue weighted by Gasteiger charge is -2.24. The van der Waals surface area contributed by atoms with Crippen LogP contribution in [0.15, 0.2) is 18.2 Å². The Balaban J connectivity index is 2.34. The zero-order chi connectivity index (χ0) is 12.3. The van der Waals surface area contributed by atoms with Crippen LogP contribution in [0.2, 0.25) is 0 Å². The lowest BCUT2D eigenvalue weighted by molar-refractivity contribution is 0.0696. The van der Waals surface area contributed by atoms with Crippen molar-refractivity contribution in [3.05, 3.63) is 29.3 Å². The second-order valence-corrected chi connectivity index (χ2v) is 4.60. The summed E-state index contributed by atoms with van der Waals surface area (Å²) in [7, 11) is 1.64. The van der Waals surface area contributed by atoms with Gasteiger partial charge in [0.15, 0.2) is 0 Å². The van der Waals surface area contributed by atoms with Crippen molar-refractivity contribution >= 4 is 5.97 Å². The Morgan fingerprint density at radius 1 is 1.29 bits per heavy atom. The number of carboxylic acid groups (broad SMARTS) is 1. The van der Waals surface area contributed by atoms with Gasteiger partial charge in [-0.25, -0.2) is 4.79 Å². The molecule has 0 atom stereocenters. The van der Waals surface area contributed by atoms with Crippen LogP contribution in [0, 0.1) is 0 Å². The second-order valence-electron chi connectivity index (χ2n) is 4.60. The fourth-order valence-corrected chi connectivity index (χ4v) is 2.60. The molecule has 17 heavy (non-hydrogen) atoms. The molecule has 0 aromatic heterocycles. The topological polar surface area (TPSA) is 46.5 Å². The zero-order valence-corrected chi connectivity index (χ0v) is 10.1. The van der Waals surface area contributed by atoms with E-state index in [2.05, 4.69) is 0 Å². The van der Waals surface area contributed by atoms with E-state index in [1.165, 1.54) is 19.3 Å². The predicted octanol–water partition coefficient (Wildman–Crippen LogP) is 3.44. The Bertz CT molecular complexity index is 406. The number of carboxylic acids is 1. The number of rotatable bonds is 3. The van der Waals surface area contributed by atoms with E-state index in [0.29, 0.717) is 11.5 Å². The first kappa shape index (κ1) is 12.0. The van der Waals surface area contributed by atoms with Gasteiger partial charge in [-0.2, -0.15) is 0 Å². The molecule has 0 radical (unpaired) electrons. The van der Waals surface area contributed by atoms with Crippen LogP contribution >= 0.6 is 0 Å². The molecule has 1 aliphatic carbocycles. The van der Waals surface area contributed by atoms with Gasteiger partial charge in [0.1, 0.15) is 5.75 Å². The van der Waals surface area contributed by atoms with Gasteiger partial charge in [-0.15, -0.1) is 0 Å². The molecular weight excluding hydrogens is 216 g/mol. The molecule has 1 aromatic rings. The Kier molecular flexibility index (Phi) is 3.67. The van der Waals surface area contributed by atoms with E-state index in [9.17, 15) is 4.79 Å². The predicted molar refractivity (Wildman–Crippen MR) is 65.8 cm³/mol. The van der Waals surface area contributed by atoms with E-state index in [1.54, 1.807) is 25.3 Å². The molecular formula is C14H18O3. The summed E-state index contributed by atoms with van der Waals surface area (Å²) in [6.45, 7) is 0. The minimum absolute atomic E-state index is 0.353. The third-order valence-corrected chi connectivity index (χ3v) is 3.52. The number of hydrogen-bond donors (Lipinski definition) is 1. The smallest absolute Gasteiger partial charge is 0.335 e. The minimum atomic E-state index is -0.871. The summed E-state index contributed by atoms with van der Waals surface area (Å²) in [6.07, 6.45) is 6.02. The van der Waals surface area contributed by atoms with Crippen LogP contribution in [0.4, 0.5) is 0 Å². The molecule has 0 bridgehead atoms. The summed E-state index contributed by atoms with van der Waals surface area (Å²) >= 11 is 0. The van der Waals surface area contributed by atoms with E-state index in [-0.39, 0.29) is 0 Å².